The van der Waals surface area contributed by atoms with Crippen LogP contribution in [0.4, 0.5) is 0 Å². The molecule has 0 bridgehead atoms. The van der Waals surface area contributed by atoms with Crippen molar-refractivity contribution in [3.63, 3.8) is 0 Å². The molecule has 0 fully saturated rings. The van der Waals surface area contributed by atoms with Crippen molar-refractivity contribution in [3.8, 4) is 5.75 Å². The van der Waals surface area contributed by atoms with Gasteiger partial charge in [-0.15, -0.1) is 0 Å². The fourth-order valence-electron chi connectivity index (χ4n) is 1.80. The summed E-state index contributed by atoms with van der Waals surface area (Å²) in [5.74, 6) is 1.07. The van der Waals surface area contributed by atoms with Crippen LogP contribution in [0.3, 0.4) is 0 Å². The maximum atomic E-state index is 5.84. The van der Waals surface area contributed by atoms with Crippen LogP contribution in [0.1, 0.15) is 11.5 Å². The number of nitrogens with two attached hydrogens (primary N) is 1. The molecule has 0 saturated heterocycles. The van der Waals surface area contributed by atoms with Crippen molar-refractivity contribution in [1.82, 2.24) is 0 Å². The summed E-state index contributed by atoms with van der Waals surface area (Å²) in [6.45, 7) is 1.15. The minimum absolute atomic E-state index is 0.195. The van der Waals surface area contributed by atoms with Gasteiger partial charge in [0, 0.05) is 16.9 Å². The Bertz CT molecular complexity index is 487. The Morgan fingerprint density at radius 3 is 2.33 bits per heavy atom. The first-order valence-corrected chi connectivity index (χ1v) is 6.73. The molecule has 94 valence electrons. The van der Waals surface area contributed by atoms with E-state index in [2.05, 4.69) is 22.0 Å². The summed E-state index contributed by atoms with van der Waals surface area (Å²) >= 11 is 3.55. The van der Waals surface area contributed by atoms with Crippen LogP contribution in [0.25, 0.3) is 0 Å². The van der Waals surface area contributed by atoms with Crippen LogP contribution in [0, 0.1) is 0 Å². The highest BCUT2D eigenvalue weighted by Gasteiger charge is 2.13. The molecular weight excluding hydrogens is 290 g/mol. The van der Waals surface area contributed by atoms with Gasteiger partial charge in [-0.2, -0.15) is 0 Å². The zero-order chi connectivity index (χ0) is 12.8. The predicted octanol–water partition coefficient (Wildman–Crippen LogP) is 3.57. The molecule has 0 heterocycles. The second-order valence-corrected chi connectivity index (χ2v) is 4.93. The van der Waals surface area contributed by atoms with E-state index in [-0.39, 0.29) is 5.92 Å². The lowest BCUT2D eigenvalue weighted by Gasteiger charge is -2.17. The highest BCUT2D eigenvalue weighted by Crippen LogP contribution is 2.25. The predicted molar refractivity (Wildman–Crippen MR) is 77.9 cm³/mol. The second kappa shape index (κ2) is 6.57. The number of hydrogen-bond acceptors (Lipinski definition) is 2. The van der Waals surface area contributed by atoms with Crippen LogP contribution in [0.15, 0.2) is 59.1 Å². The van der Waals surface area contributed by atoms with Crippen LogP contribution in [0.5, 0.6) is 5.75 Å². The van der Waals surface area contributed by atoms with E-state index in [0.29, 0.717) is 13.2 Å². The molecule has 2 nitrogen and oxygen atoms in total. The number of benzene rings is 2. The standard InChI is InChI=1S/C15H16BrNO/c16-15-9-5-4-8-14(15)12(10-17)11-18-13-6-2-1-3-7-13/h1-9,12H,10-11,17H2. The van der Waals surface area contributed by atoms with Gasteiger partial charge >= 0.3 is 0 Å². The van der Waals surface area contributed by atoms with Crippen LogP contribution >= 0.6 is 15.9 Å². The first-order chi connectivity index (χ1) is 8.81. The van der Waals surface area contributed by atoms with Crippen molar-refractivity contribution in [2.45, 2.75) is 5.92 Å². The molecular formula is C15H16BrNO. The average Bonchev–Trinajstić information content (AvgIpc) is 2.42. The zero-order valence-electron chi connectivity index (χ0n) is 10.1. The smallest absolute Gasteiger partial charge is 0.119 e. The third-order valence-electron chi connectivity index (χ3n) is 2.82. The molecule has 0 radical (unpaired) electrons. The lowest BCUT2D eigenvalue weighted by Crippen LogP contribution is -2.20. The van der Waals surface area contributed by atoms with Crippen LogP contribution in [-0.4, -0.2) is 13.2 Å². The lowest BCUT2D eigenvalue weighted by atomic mass is 10.0. The Hall–Kier alpha value is -1.32. The van der Waals surface area contributed by atoms with Gasteiger partial charge in [-0.25, -0.2) is 0 Å². The largest absolute Gasteiger partial charge is 0.493 e. The summed E-state index contributed by atoms with van der Waals surface area (Å²) in [6, 6.07) is 17.9. The Balaban J connectivity index is 2.04. The molecule has 0 aliphatic rings. The maximum Gasteiger partial charge on any atom is 0.119 e. The molecule has 1 atom stereocenters. The van der Waals surface area contributed by atoms with E-state index in [4.69, 9.17) is 10.5 Å². The highest BCUT2D eigenvalue weighted by atomic mass is 79.9. The topological polar surface area (TPSA) is 35.2 Å². The van der Waals surface area contributed by atoms with Crippen LogP contribution in [0.2, 0.25) is 0 Å². The van der Waals surface area contributed by atoms with Crippen molar-refractivity contribution in [2.24, 2.45) is 5.73 Å². The van der Waals surface area contributed by atoms with E-state index in [1.54, 1.807) is 0 Å². The summed E-state index contributed by atoms with van der Waals surface area (Å²) in [6.07, 6.45) is 0. The quantitative estimate of drug-likeness (QED) is 0.916. The molecule has 3 heteroatoms. The summed E-state index contributed by atoms with van der Waals surface area (Å²) in [5, 5.41) is 0. The van der Waals surface area contributed by atoms with E-state index in [9.17, 15) is 0 Å². The molecule has 2 rings (SSSR count). The minimum atomic E-state index is 0.195. The van der Waals surface area contributed by atoms with E-state index in [1.807, 2.05) is 48.5 Å². The second-order valence-electron chi connectivity index (χ2n) is 4.08. The van der Waals surface area contributed by atoms with Gasteiger partial charge in [0.05, 0.1) is 6.61 Å². The van der Waals surface area contributed by atoms with Crippen molar-refractivity contribution < 1.29 is 4.74 Å². The average molecular weight is 306 g/mol. The molecule has 0 aliphatic carbocycles. The van der Waals surface area contributed by atoms with Crippen molar-refractivity contribution in [2.75, 3.05) is 13.2 Å². The van der Waals surface area contributed by atoms with Gasteiger partial charge in [0.2, 0.25) is 0 Å². The molecule has 0 aliphatic heterocycles. The van der Waals surface area contributed by atoms with Gasteiger partial charge in [0.15, 0.2) is 0 Å². The molecule has 1 unspecified atom stereocenters. The van der Waals surface area contributed by atoms with Crippen molar-refractivity contribution in [1.29, 1.82) is 0 Å². The monoisotopic (exact) mass is 305 g/mol. The van der Waals surface area contributed by atoms with Crippen molar-refractivity contribution >= 4 is 15.9 Å². The van der Waals surface area contributed by atoms with Crippen LogP contribution in [-0.2, 0) is 0 Å². The third kappa shape index (κ3) is 3.34. The Morgan fingerprint density at radius 1 is 1.00 bits per heavy atom. The summed E-state index contributed by atoms with van der Waals surface area (Å²) < 4.78 is 6.85. The molecule has 0 saturated carbocycles. The summed E-state index contributed by atoms with van der Waals surface area (Å²) in [4.78, 5) is 0. The van der Waals surface area contributed by atoms with E-state index in [0.717, 1.165) is 10.2 Å². The van der Waals surface area contributed by atoms with E-state index < -0.39 is 0 Å². The summed E-state index contributed by atoms with van der Waals surface area (Å²) in [5.41, 5.74) is 7.03. The molecule has 2 aromatic carbocycles. The SMILES string of the molecule is NCC(COc1ccccc1)c1ccccc1Br. The first-order valence-electron chi connectivity index (χ1n) is 5.93. The zero-order valence-corrected chi connectivity index (χ0v) is 11.6. The molecule has 0 aromatic heterocycles. The number of hydrogen-bond donors (Lipinski definition) is 1. The fraction of sp³-hybridized carbons (Fsp3) is 0.200. The van der Waals surface area contributed by atoms with Gasteiger partial charge in [0.25, 0.3) is 0 Å². The molecule has 2 aromatic rings. The molecule has 18 heavy (non-hydrogen) atoms. The van der Waals surface area contributed by atoms with Gasteiger partial charge in [-0.05, 0) is 23.8 Å². The molecule has 0 amide bonds. The normalized spacial score (nSPS) is 12.1. The summed E-state index contributed by atoms with van der Waals surface area (Å²) in [7, 11) is 0. The number of rotatable bonds is 5. The fourth-order valence-corrected chi connectivity index (χ4v) is 2.41. The van der Waals surface area contributed by atoms with Gasteiger partial charge < -0.3 is 10.5 Å². The Morgan fingerprint density at radius 2 is 1.67 bits per heavy atom. The molecule has 0 spiro atoms. The third-order valence-corrected chi connectivity index (χ3v) is 3.55. The number of para-hydroxylation sites is 1. The lowest BCUT2D eigenvalue weighted by molar-refractivity contribution is 0.290. The van der Waals surface area contributed by atoms with E-state index in [1.165, 1.54) is 5.56 Å². The Labute approximate surface area is 116 Å². The highest BCUT2D eigenvalue weighted by molar-refractivity contribution is 9.10. The minimum Gasteiger partial charge on any atom is -0.493 e. The number of ether oxygens (including phenoxy) is 1. The van der Waals surface area contributed by atoms with Crippen LogP contribution < -0.4 is 10.5 Å². The van der Waals surface area contributed by atoms with E-state index >= 15 is 0 Å². The van der Waals surface area contributed by atoms with Gasteiger partial charge in [-0.1, -0.05) is 52.3 Å². The van der Waals surface area contributed by atoms with Gasteiger partial charge in [0.1, 0.15) is 5.75 Å². The van der Waals surface area contributed by atoms with Gasteiger partial charge in [-0.3, -0.25) is 0 Å². The maximum absolute atomic E-state index is 5.84. The number of halogens is 1. The van der Waals surface area contributed by atoms with Crippen molar-refractivity contribution in [3.05, 3.63) is 64.6 Å². The first kappa shape index (κ1) is 13.1. The molecule has 2 N–H and O–H groups in total. The Kier molecular flexibility index (Phi) is 4.79.